The molecule has 0 saturated carbocycles. The standard InChI is InChI=1S/C16H18N2O2/c1-10(19)17-9-13-6-4-11-3-5-12-7-8-14(20-2)18-16(12)15(11)13/h3,5,7-8,13H,4,6,9H2,1-2H3,(H,17,19). The summed E-state index contributed by atoms with van der Waals surface area (Å²) < 4.78 is 5.23. The molecule has 1 aliphatic rings. The molecule has 1 N–H and O–H groups in total. The second-order valence-electron chi connectivity index (χ2n) is 5.24. The van der Waals surface area contributed by atoms with Crippen molar-refractivity contribution in [2.24, 2.45) is 0 Å². The Morgan fingerprint density at radius 1 is 1.40 bits per heavy atom. The number of carbonyl (C=O) groups excluding carboxylic acids is 1. The number of benzene rings is 1. The van der Waals surface area contributed by atoms with Crippen molar-refractivity contribution >= 4 is 16.8 Å². The molecule has 0 radical (unpaired) electrons. The minimum Gasteiger partial charge on any atom is -0.481 e. The number of fused-ring (bicyclic) bond motifs is 3. The van der Waals surface area contributed by atoms with E-state index in [0.717, 1.165) is 23.7 Å². The Kier molecular flexibility index (Phi) is 3.30. The lowest BCUT2D eigenvalue weighted by atomic mass is 9.98. The average Bonchev–Trinajstić information content (AvgIpc) is 2.88. The van der Waals surface area contributed by atoms with Gasteiger partial charge in [0.2, 0.25) is 11.8 Å². The van der Waals surface area contributed by atoms with E-state index < -0.39 is 0 Å². The number of nitrogens with zero attached hydrogens (tertiary/aromatic N) is 1. The predicted molar refractivity (Wildman–Crippen MR) is 78.0 cm³/mol. The Morgan fingerprint density at radius 2 is 2.20 bits per heavy atom. The van der Waals surface area contributed by atoms with Crippen LogP contribution in [-0.2, 0) is 11.2 Å². The van der Waals surface area contributed by atoms with Crippen molar-refractivity contribution in [1.29, 1.82) is 0 Å². The monoisotopic (exact) mass is 270 g/mol. The van der Waals surface area contributed by atoms with E-state index in [9.17, 15) is 4.79 Å². The zero-order chi connectivity index (χ0) is 14.1. The highest BCUT2D eigenvalue weighted by molar-refractivity contribution is 5.85. The zero-order valence-corrected chi connectivity index (χ0v) is 11.8. The summed E-state index contributed by atoms with van der Waals surface area (Å²) in [6.07, 6.45) is 2.11. The van der Waals surface area contributed by atoms with E-state index >= 15 is 0 Å². The minimum absolute atomic E-state index is 0.0178. The molecule has 0 aliphatic heterocycles. The van der Waals surface area contributed by atoms with E-state index in [4.69, 9.17) is 4.74 Å². The number of aromatic nitrogens is 1. The van der Waals surface area contributed by atoms with E-state index in [1.54, 1.807) is 14.0 Å². The van der Waals surface area contributed by atoms with Gasteiger partial charge >= 0.3 is 0 Å². The molecular weight excluding hydrogens is 252 g/mol. The first-order valence-corrected chi connectivity index (χ1v) is 6.90. The van der Waals surface area contributed by atoms with Crippen molar-refractivity contribution in [3.05, 3.63) is 35.4 Å². The SMILES string of the molecule is COc1ccc2ccc3c(c2n1)C(CNC(C)=O)CC3. The van der Waals surface area contributed by atoms with Crippen LogP contribution in [0.1, 0.15) is 30.4 Å². The fourth-order valence-electron chi connectivity index (χ4n) is 2.97. The molecule has 4 heteroatoms. The van der Waals surface area contributed by atoms with Crippen LogP contribution in [0.15, 0.2) is 24.3 Å². The smallest absolute Gasteiger partial charge is 0.216 e. The maximum atomic E-state index is 11.1. The van der Waals surface area contributed by atoms with Gasteiger partial charge in [0, 0.05) is 30.8 Å². The van der Waals surface area contributed by atoms with Crippen molar-refractivity contribution in [3.8, 4) is 5.88 Å². The van der Waals surface area contributed by atoms with Crippen LogP contribution in [0.25, 0.3) is 10.9 Å². The van der Waals surface area contributed by atoms with Gasteiger partial charge in [-0.25, -0.2) is 4.98 Å². The van der Waals surface area contributed by atoms with Gasteiger partial charge in [0.25, 0.3) is 0 Å². The molecule has 2 aromatic rings. The number of carbonyl (C=O) groups is 1. The maximum absolute atomic E-state index is 11.1. The van der Waals surface area contributed by atoms with E-state index in [1.807, 2.05) is 12.1 Å². The second-order valence-corrected chi connectivity index (χ2v) is 5.24. The molecule has 20 heavy (non-hydrogen) atoms. The molecule has 4 nitrogen and oxygen atoms in total. The molecule has 1 aliphatic carbocycles. The zero-order valence-electron chi connectivity index (χ0n) is 11.8. The van der Waals surface area contributed by atoms with Crippen LogP contribution in [-0.4, -0.2) is 24.5 Å². The summed E-state index contributed by atoms with van der Waals surface area (Å²) in [6.45, 7) is 2.24. The summed E-state index contributed by atoms with van der Waals surface area (Å²) in [5.74, 6) is 0.998. The molecule has 0 bridgehead atoms. The van der Waals surface area contributed by atoms with Gasteiger partial charge < -0.3 is 10.1 Å². The number of hydrogen-bond donors (Lipinski definition) is 1. The van der Waals surface area contributed by atoms with Crippen LogP contribution >= 0.6 is 0 Å². The molecule has 104 valence electrons. The topological polar surface area (TPSA) is 51.2 Å². The molecule has 1 heterocycles. The molecular formula is C16H18N2O2. The lowest BCUT2D eigenvalue weighted by Gasteiger charge is -2.14. The first-order chi connectivity index (χ1) is 9.69. The number of ether oxygens (including phenoxy) is 1. The normalized spacial score (nSPS) is 17.0. The summed E-state index contributed by atoms with van der Waals surface area (Å²) in [4.78, 5) is 15.7. The molecule has 0 fully saturated rings. The summed E-state index contributed by atoms with van der Waals surface area (Å²) in [7, 11) is 1.63. The number of methoxy groups -OCH3 is 1. The Bertz CT molecular complexity index is 667. The van der Waals surface area contributed by atoms with E-state index in [1.165, 1.54) is 11.1 Å². The molecule has 1 atom stereocenters. The number of nitrogens with one attached hydrogen (secondary N) is 1. The highest BCUT2D eigenvalue weighted by atomic mass is 16.5. The maximum Gasteiger partial charge on any atom is 0.216 e. The summed E-state index contributed by atoms with van der Waals surface area (Å²) in [5.41, 5.74) is 3.62. The number of amides is 1. The van der Waals surface area contributed by atoms with Gasteiger partial charge in [-0.1, -0.05) is 12.1 Å². The van der Waals surface area contributed by atoms with Crippen molar-refractivity contribution in [3.63, 3.8) is 0 Å². The van der Waals surface area contributed by atoms with Crippen LogP contribution in [0, 0.1) is 0 Å². The molecule has 1 amide bonds. The Hall–Kier alpha value is -2.10. The third-order valence-corrected chi connectivity index (χ3v) is 3.94. The van der Waals surface area contributed by atoms with E-state index in [-0.39, 0.29) is 5.91 Å². The van der Waals surface area contributed by atoms with E-state index in [2.05, 4.69) is 22.4 Å². The lowest BCUT2D eigenvalue weighted by molar-refractivity contribution is -0.119. The molecule has 3 rings (SSSR count). The Morgan fingerprint density at radius 3 is 2.95 bits per heavy atom. The second kappa shape index (κ2) is 5.12. The number of rotatable bonds is 3. The highest BCUT2D eigenvalue weighted by Crippen LogP contribution is 2.37. The van der Waals surface area contributed by atoms with Crippen LogP contribution in [0.5, 0.6) is 5.88 Å². The quantitative estimate of drug-likeness (QED) is 0.931. The molecule has 1 aromatic carbocycles. The number of aryl methyl sites for hydroxylation is 1. The summed E-state index contributed by atoms with van der Waals surface area (Å²) in [6, 6.07) is 8.21. The summed E-state index contributed by atoms with van der Waals surface area (Å²) in [5, 5.41) is 4.05. The minimum atomic E-state index is 0.0178. The number of pyridine rings is 1. The molecule has 0 spiro atoms. The third-order valence-electron chi connectivity index (χ3n) is 3.94. The van der Waals surface area contributed by atoms with Gasteiger partial charge in [-0.2, -0.15) is 0 Å². The van der Waals surface area contributed by atoms with Crippen LogP contribution < -0.4 is 10.1 Å². The Balaban J connectivity index is 2.06. The largest absolute Gasteiger partial charge is 0.481 e. The fraction of sp³-hybridized carbons (Fsp3) is 0.375. The first-order valence-electron chi connectivity index (χ1n) is 6.90. The van der Waals surface area contributed by atoms with Crippen molar-refractivity contribution in [2.45, 2.75) is 25.7 Å². The third kappa shape index (κ3) is 2.22. The summed E-state index contributed by atoms with van der Waals surface area (Å²) >= 11 is 0. The van der Waals surface area contributed by atoms with Gasteiger partial charge in [-0.05, 0) is 30.0 Å². The molecule has 1 aromatic heterocycles. The van der Waals surface area contributed by atoms with Crippen molar-refractivity contribution in [2.75, 3.05) is 13.7 Å². The molecule has 0 saturated heterocycles. The van der Waals surface area contributed by atoms with E-state index in [0.29, 0.717) is 18.3 Å². The van der Waals surface area contributed by atoms with Gasteiger partial charge in [0.05, 0.1) is 12.6 Å². The van der Waals surface area contributed by atoms with Gasteiger partial charge in [0.15, 0.2) is 0 Å². The predicted octanol–water partition coefficient (Wildman–Crippen LogP) is 2.41. The molecule has 1 unspecified atom stereocenters. The van der Waals surface area contributed by atoms with Crippen LogP contribution in [0.4, 0.5) is 0 Å². The highest BCUT2D eigenvalue weighted by Gasteiger charge is 2.25. The van der Waals surface area contributed by atoms with Gasteiger partial charge in [-0.15, -0.1) is 0 Å². The van der Waals surface area contributed by atoms with Crippen molar-refractivity contribution in [1.82, 2.24) is 10.3 Å². The average molecular weight is 270 g/mol. The van der Waals surface area contributed by atoms with Crippen LogP contribution in [0.3, 0.4) is 0 Å². The van der Waals surface area contributed by atoms with Crippen LogP contribution in [0.2, 0.25) is 0 Å². The van der Waals surface area contributed by atoms with Crippen molar-refractivity contribution < 1.29 is 9.53 Å². The van der Waals surface area contributed by atoms with Gasteiger partial charge in [0.1, 0.15) is 0 Å². The fourth-order valence-corrected chi connectivity index (χ4v) is 2.97. The Labute approximate surface area is 118 Å². The van der Waals surface area contributed by atoms with Gasteiger partial charge in [-0.3, -0.25) is 4.79 Å². The lowest BCUT2D eigenvalue weighted by Crippen LogP contribution is -2.25. The number of hydrogen-bond acceptors (Lipinski definition) is 3. The first kappa shape index (κ1) is 12.9.